The van der Waals surface area contributed by atoms with Crippen molar-refractivity contribution in [1.82, 2.24) is 4.72 Å². The summed E-state index contributed by atoms with van der Waals surface area (Å²) >= 11 is 0. The van der Waals surface area contributed by atoms with Gasteiger partial charge in [-0.15, -0.1) is 0 Å². The highest BCUT2D eigenvalue weighted by Gasteiger charge is 2.29. The zero-order chi connectivity index (χ0) is 20.3. The van der Waals surface area contributed by atoms with Crippen LogP contribution in [0.4, 0.5) is 5.69 Å². The molecule has 9 nitrogen and oxygen atoms in total. The Labute approximate surface area is 161 Å². The van der Waals surface area contributed by atoms with Crippen LogP contribution in [-0.4, -0.2) is 36.4 Å². The van der Waals surface area contributed by atoms with Crippen LogP contribution in [0.2, 0.25) is 0 Å². The van der Waals surface area contributed by atoms with E-state index in [0.717, 1.165) is 11.5 Å². The lowest BCUT2D eigenvalue weighted by Gasteiger charge is -2.17. The zero-order valence-corrected chi connectivity index (χ0v) is 15.4. The smallest absolute Gasteiger partial charge is 0.464 e. The summed E-state index contributed by atoms with van der Waals surface area (Å²) in [7, 11) is -5.95. The first-order valence-electron chi connectivity index (χ1n) is 8.30. The first-order chi connectivity index (χ1) is 13.2. The number of benzene rings is 2. The van der Waals surface area contributed by atoms with Crippen LogP contribution in [0.5, 0.6) is 0 Å². The van der Waals surface area contributed by atoms with Gasteiger partial charge in [-0.1, -0.05) is 30.3 Å². The molecule has 11 heteroatoms. The van der Waals surface area contributed by atoms with Crippen molar-refractivity contribution in [2.45, 2.75) is 18.1 Å². The summed E-state index contributed by atoms with van der Waals surface area (Å²) in [5, 5.41) is 30.9. The average molecular weight is 404 g/mol. The van der Waals surface area contributed by atoms with Crippen molar-refractivity contribution in [2.24, 2.45) is 0 Å². The standard InChI is InChI=1S/C17H17BN2O7S/c21-18(22)17(9-13-10-27-16-7-2-1-6-15(13)16)19-28(25,26)11-12-4-3-5-14(8-12)20(23)24/h1-8,10,17,19,21-22H,9,11H2/t17-/m0/s1. The van der Waals surface area contributed by atoms with Gasteiger partial charge in [0, 0.05) is 17.5 Å². The molecule has 0 radical (unpaired) electrons. The fourth-order valence-electron chi connectivity index (χ4n) is 2.89. The molecule has 1 atom stereocenters. The molecule has 28 heavy (non-hydrogen) atoms. The molecule has 1 heterocycles. The third-order valence-electron chi connectivity index (χ3n) is 4.17. The molecule has 0 saturated heterocycles. The quantitative estimate of drug-likeness (QED) is 0.292. The molecule has 146 valence electrons. The molecule has 3 N–H and O–H groups in total. The van der Waals surface area contributed by atoms with E-state index < -0.39 is 33.8 Å². The minimum Gasteiger partial charge on any atom is -0.464 e. The van der Waals surface area contributed by atoms with Gasteiger partial charge < -0.3 is 14.5 Å². The molecule has 0 saturated carbocycles. The predicted molar refractivity (Wildman–Crippen MR) is 103 cm³/mol. The van der Waals surface area contributed by atoms with Gasteiger partial charge in [-0.05, 0) is 23.6 Å². The van der Waals surface area contributed by atoms with Crippen LogP contribution in [0.25, 0.3) is 11.0 Å². The van der Waals surface area contributed by atoms with E-state index in [1.807, 2.05) is 0 Å². The molecule has 0 spiro atoms. The second-order valence-electron chi connectivity index (χ2n) is 6.29. The van der Waals surface area contributed by atoms with Crippen LogP contribution < -0.4 is 4.72 Å². The third-order valence-corrected chi connectivity index (χ3v) is 5.55. The van der Waals surface area contributed by atoms with Gasteiger partial charge in [-0.2, -0.15) is 0 Å². The van der Waals surface area contributed by atoms with Crippen molar-refractivity contribution in [1.29, 1.82) is 0 Å². The summed E-state index contributed by atoms with van der Waals surface area (Å²) in [6, 6.07) is 12.4. The minimum atomic E-state index is -4.00. The molecule has 0 fully saturated rings. The number of non-ortho nitro benzene ring substituents is 1. The number of nitrogens with one attached hydrogen (secondary N) is 1. The van der Waals surface area contributed by atoms with Gasteiger partial charge in [0.25, 0.3) is 5.69 Å². The van der Waals surface area contributed by atoms with E-state index in [-0.39, 0.29) is 17.7 Å². The van der Waals surface area contributed by atoms with Crippen molar-refractivity contribution in [3.05, 3.63) is 76.0 Å². The number of fused-ring (bicyclic) bond motifs is 1. The van der Waals surface area contributed by atoms with Gasteiger partial charge in [-0.3, -0.25) is 10.1 Å². The Morgan fingerprint density at radius 3 is 2.64 bits per heavy atom. The monoisotopic (exact) mass is 404 g/mol. The summed E-state index contributed by atoms with van der Waals surface area (Å²) in [5.74, 6) is -1.76. The van der Waals surface area contributed by atoms with E-state index in [9.17, 15) is 28.6 Å². The Kier molecular flexibility index (Phi) is 5.80. The van der Waals surface area contributed by atoms with Gasteiger partial charge in [0.2, 0.25) is 10.0 Å². The van der Waals surface area contributed by atoms with E-state index in [0.29, 0.717) is 11.1 Å². The number of sulfonamides is 1. The third kappa shape index (κ3) is 4.76. The highest BCUT2D eigenvalue weighted by molar-refractivity contribution is 7.88. The second-order valence-corrected chi connectivity index (χ2v) is 8.04. The van der Waals surface area contributed by atoms with Crippen LogP contribution in [0, 0.1) is 10.1 Å². The van der Waals surface area contributed by atoms with E-state index in [1.54, 1.807) is 24.3 Å². The summed E-state index contributed by atoms with van der Waals surface area (Å²) in [5.41, 5.74) is 1.20. The Bertz CT molecular complexity index is 1100. The number of furan rings is 1. The average Bonchev–Trinajstić information content (AvgIpc) is 3.04. The maximum absolute atomic E-state index is 12.5. The number of rotatable bonds is 8. The maximum Gasteiger partial charge on any atom is 0.471 e. The van der Waals surface area contributed by atoms with Crippen LogP contribution in [0.1, 0.15) is 11.1 Å². The van der Waals surface area contributed by atoms with Crippen LogP contribution >= 0.6 is 0 Å². The lowest BCUT2D eigenvalue weighted by Crippen LogP contribution is -2.48. The molecule has 0 bridgehead atoms. The molecule has 0 unspecified atom stereocenters. The first kappa shape index (κ1) is 20.0. The summed E-state index contributed by atoms with van der Waals surface area (Å²) in [6.45, 7) is 0. The molecule has 0 aliphatic heterocycles. The molecule has 3 rings (SSSR count). The number of nitrogens with zero attached hydrogens (tertiary/aromatic N) is 1. The second kappa shape index (κ2) is 8.11. The predicted octanol–water partition coefficient (Wildman–Crippen LogP) is 1.38. The number of hydrogen-bond acceptors (Lipinski definition) is 7. The van der Waals surface area contributed by atoms with Crippen LogP contribution in [0.3, 0.4) is 0 Å². The fraction of sp³-hybridized carbons (Fsp3) is 0.176. The van der Waals surface area contributed by atoms with Gasteiger partial charge in [0.05, 0.1) is 22.9 Å². The lowest BCUT2D eigenvalue weighted by molar-refractivity contribution is -0.384. The van der Waals surface area contributed by atoms with Crippen LogP contribution in [-0.2, 0) is 22.2 Å². The van der Waals surface area contributed by atoms with Crippen LogP contribution in [0.15, 0.2) is 59.2 Å². The molecule has 2 aromatic carbocycles. The lowest BCUT2D eigenvalue weighted by atomic mass is 9.77. The van der Waals surface area contributed by atoms with Gasteiger partial charge in [0.1, 0.15) is 5.58 Å². The SMILES string of the molecule is O=[N+]([O-])c1cccc(CS(=O)(=O)N[C@@H](Cc2coc3ccccc23)B(O)O)c1. The molecule has 1 aromatic heterocycles. The summed E-state index contributed by atoms with van der Waals surface area (Å²) < 4.78 is 32.6. The van der Waals surface area contributed by atoms with Crippen molar-refractivity contribution >= 4 is 33.8 Å². The van der Waals surface area contributed by atoms with Crippen molar-refractivity contribution in [2.75, 3.05) is 0 Å². The summed E-state index contributed by atoms with van der Waals surface area (Å²) in [6.07, 6.45) is 1.43. The van der Waals surface area contributed by atoms with Crippen molar-refractivity contribution in [3.63, 3.8) is 0 Å². The highest BCUT2D eigenvalue weighted by Crippen LogP contribution is 2.22. The Hall–Kier alpha value is -2.73. The number of hydrogen-bond donors (Lipinski definition) is 3. The van der Waals surface area contributed by atoms with Gasteiger partial charge in [-0.25, -0.2) is 13.1 Å². The fourth-order valence-corrected chi connectivity index (χ4v) is 4.26. The summed E-state index contributed by atoms with van der Waals surface area (Å²) in [4.78, 5) is 10.2. The minimum absolute atomic E-state index is 0.0111. The van der Waals surface area contributed by atoms with E-state index in [1.165, 1.54) is 24.5 Å². The maximum atomic E-state index is 12.5. The zero-order valence-electron chi connectivity index (χ0n) is 14.6. The molecule has 3 aromatic rings. The molecule has 0 amide bonds. The molecule has 0 aliphatic rings. The van der Waals surface area contributed by atoms with E-state index in [2.05, 4.69) is 4.72 Å². The molecule has 0 aliphatic carbocycles. The van der Waals surface area contributed by atoms with Gasteiger partial charge >= 0.3 is 7.12 Å². The normalized spacial score (nSPS) is 12.8. The Morgan fingerprint density at radius 2 is 1.93 bits per heavy atom. The van der Waals surface area contributed by atoms with Crippen molar-refractivity contribution in [3.8, 4) is 0 Å². The van der Waals surface area contributed by atoms with Crippen molar-refractivity contribution < 1.29 is 27.8 Å². The van der Waals surface area contributed by atoms with Gasteiger partial charge in [0.15, 0.2) is 0 Å². The van der Waals surface area contributed by atoms with E-state index in [4.69, 9.17) is 4.42 Å². The largest absolute Gasteiger partial charge is 0.471 e. The number of nitro groups is 1. The van der Waals surface area contributed by atoms with E-state index >= 15 is 0 Å². The Morgan fingerprint density at radius 1 is 1.18 bits per heavy atom. The molecular weight excluding hydrogens is 387 g/mol. The number of nitro benzene ring substituents is 1. The Balaban J connectivity index is 1.77. The topological polar surface area (TPSA) is 143 Å². The molecular formula is C17H17BN2O7S. The first-order valence-corrected chi connectivity index (χ1v) is 9.95. The number of para-hydroxylation sites is 1. The highest BCUT2D eigenvalue weighted by atomic mass is 32.2.